The molecule has 4 rings (SSSR count). The number of piperidine rings is 1. The van der Waals surface area contributed by atoms with E-state index in [-0.39, 0.29) is 10.8 Å². The Morgan fingerprint density at radius 2 is 1.48 bits per heavy atom. The molecule has 0 bridgehead atoms. The molecule has 7 heteroatoms. The van der Waals surface area contributed by atoms with Crippen molar-refractivity contribution >= 4 is 15.9 Å². The van der Waals surface area contributed by atoms with Gasteiger partial charge < -0.3 is 5.32 Å². The van der Waals surface area contributed by atoms with Crippen molar-refractivity contribution in [3.05, 3.63) is 65.2 Å². The fourth-order valence-corrected chi connectivity index (χ4v) is 5.86. The van der Waals surface area contributed by atoms with Gasteiger partial charge in [0, 0.05) is 31.7 Å². The first-order valence-corrected chi connectivity index (χ1v) is 12.6. The summed E-state index contributed by atoms with van der Waals surface area (Å²) in [6.45, 7) is 4.82. The summed E-state index contributed by atoms with van der Waals surface area (Å²) in [5.74, 6) is -0.267. The fourth-order valence-electron chi connectivity index (χ4n) is 4.30. The summed E-state index contributed by atoms with van der Waals surface area (Å²) in [5.41, 5.74) is 2.67. The van der Waals surface area contributed by atoms with Gasteiger partial charge >= 0.3 is 0 Å². The summed E-state index contributed by atoms with van der Waals surface area (Å²) in [4.78, 5) is 15.3. The van der Waals surface area contributed by atoms with Crippen molar-refractivity contribution in [2.45, 2.75) is 50.1 Å². The second kappa shape index (κ2) is 9.94. The molecule has 0 aliphatic carbocycles. The molecule has 0 saturated carbocycles. The van der Waals surface area contributed by atoms with Gasteiger partial charge in [-0.25, -0.2) is 8.42 Å². The van der Waals surface area contributed by atoms with Crippen molar-refractivity contribution in [1.82, 2.24) is 14.5 Å². The van der Waals surface area contributed by atoms with Crippen LogP contribution in [0.2, 0.25) is 0 Å². The number of carbonyl (C=O) groups is 1. The van der Waals surface area contributed by atoms with Gasteiger partial charge in [-0.1, -0.05) is 36.8 Å². The highest BCUT2D eigenvalue weighted by Crippen LogP contribution is 2.21. The zero-order valence-electron chi connectivity index (χ0n) is 17.9. The van der Waals surface area contributed by atoms with E-state index in [1.54, 1.807) is 18.2 Å². The summed E-state index contributed by atoms with van der Waals surface area (Å²) >= 11 is 0. The first-order valence-electron chi connectivity index (χ1n) is 11.2. The topological polar surface area (TPSA) is 69.7 Å². The Kier molecular flexibility index (Phi) is 7.05. The highest BCUT2D eigenvalue weighted by Gasteiger charge is 2.26. The highest BCUT2D eigenvalue weighted by molar-refractivity contribution is 7.89. The van der Waals surface area contributed by atoms with E-state index in [0.717, 1.165) is 31.4 Å². The average molecular weight is 442 g/mol. The minimum absolute atomic E-state index is 0.188. The van der Waals surface area contributed by atoms with Gasteiger partial charge in [0.2, 0.25) is 10.0 Å². The van der Waals surface area contributed by atoms with Crippen LogP contribution in [0.25, 0.3) is 0 Å². The monoisotopic (exact) mass is 441 g/mol. The van der Waals surface area contributed by atoms with Gasteiger partial charge in [-0.3, -0.25) is 9.69 Å². The summed E-state index contributed by atoms with van der Waals surface area (Å²) in [6, 6.07) is 14.7. The molecular weight excluding hydrogens is 410 g/mol. The molecule has 2 heterocycles. The second-order valence-corrected chi connectivity index (χ2v) is 10.4. The van der Waals surface area contributed by atoms with Crippen LogP contribution in [0.15, 0.2) is 53.4 Å². The van der Waals surface area contributed by atoms with Crippen LogP contribution < -0.4 is 5.32 Å². The lowest BCUT2D eigenvalue weighted by Gasteiger charge is -2.26. The minimum Gasteiger partial charge on any atom is -0.348 e. The van der Waals surface area contributed by atoms with Gasteiger partial charge in [0.05, 0.1) is 4.90 Å². The van der Waals surface area contributed by atoms with Gasteiger partial charge in [-0.15, -0.1) is 0 Å². The molecule has 2 aromatic rings. The van der Waals surface area contributed by atoms with E-state index in [1.807, 2.05) is 12.1 Å². The van der Waals surface area contributed by atoms with Crippen LogP contribution >= 0.6 is 0 Å². The standard InChI is InChI=1S/C24H31N3O3S/c28-24(25-18-20-9-11-21(12-10-20)19-26-13-4-5-14-26)22-7-6-8-23(17-22)31(29,30)27-15-2-1-3-16-27/h6-12,17H,1-5,13-16,18-19H2,(H,25,28). The van der Waals surface area contributed by atoms with Gasteiger partial charge in [0.1, 0.15) is 0 Å². The maximum absolute atomic E-state index is 12.9. The van der Waals surface area contributed by atoms with Crippen LogP contribution in [0.1, 0.15) is 53.6 Å². The first kappa shape index (κ1) is 22.0. The predicted octanol–water partition coefficient (Wildman–Crippen LogP) is 3.39. The zero-order valence-corrected chi connectivity index (χ0v) is 18.7. The lowest BCUT2D eigenvalue weighted by Crippen LogP contribution is -2.35. The van der Waals surface area contributed by atoms with E-state index >= 15 is 0 Å². The molecule has 2 aromatic carbocycles. The molecule has 2 aliphatic heterocycles. The fraction of sp³-hybridized carbons (Fsp3) is 0.458. The normalized spacial score (nSPS) is 18.2. The number of benzene rings is 2. The molecular formula is C24H31N3O3S. The number of hydrogen-bond acceptors (Lipinski definition) is 4. The third-order valence-corrected chi connectivity index (χ3v) is 8.02. The van der Waals surface area contributed by atoms with Crippen LogP contribution in [-0.4, -0.2) is 49.7 Å². The van der Waals surface area contributed by atoms with Crippen LogP contribution in [0.5, 0.6) is 0 Å². The van der Waals surface area contributed by atoms with E-state index in [2.05, 4.69) is 22.3 Å². The molecule has 2 fully saturated rings. The number of nitrogens with zero attached hydrogens (tertiary/aromatic N) is 2. The highest BCUT2D eigenvalue weighted by atomic mass is 32.2. The quantitative estimate of drug-likeness (QED) is 0.715. The third kappa shape index (κ3) is 5.53. The number of amides is 1. The zero-order chi connectivity index (χ0) is 21.7. The van der Waals surface area contributed by atoms with Gasteiger partial charge in [-0.2, -0.15) is 4.31 Å². The van der Waals surface area contributed by atoms with E-state index in [1.165, 1.54) is 41.9 Å². The number of likely N-dealkylation sites (tertiary alicyclic amines) is 1. The molecule has 1 N–H and O–H groups in total. The molecule has 6 nitrogen and oxygen atoms in total. The second-order valence-electron chi connectivity index (χ2n) is 8.48. The predicted molar refractivity (Wildman–Crippen MR) is 121 cm³/mol. The van der Waals surface area contributed by atoms with Crippen molar-refractivity contribution < 1.29 is 13.2 Å². The van der Waals surface area contributed by atoms with Crippen LogP contribution in [0.4, 0.5) is 0 Å². The minimum atomic E-state index is -3.55. The van der Waals surface area contributed by atoms with Crippen molar-refractivity contribution in [2.24, 2.45) is 0 Å². The molecule has 0 radical (unpaired) electrons. The van der Waals surface area contributed by atoms with Crippen LogP contribution in [0, 0.1) is 0 Å². The number of rotatable bonds is 7. The van der Waals surface area contributed by atoms with E-state index in [4.69, 9.17) is 0 Å². The van der Waals surface area contributed by atoms with Crippen molar-refractivity contribution in [3.63, 3.8) is 0 Å². The van der Waals surface area contributed by atoms with Crippen molar-refractivity contribution in [3.8, 4) is 0 Å². The molecule has 2 aliphatic rings. The molecule has 0 aromatic heterocycles. The summed E-state index contributed by atoms with van der Waals surface area (Å²) in [7, 11) is -3.55. The van der Waals surface area contributed by atoms with Gasteiger partial charge in [-0.05, 0) is 68.1 Å². The van der Waals surface area contributed by atoms with Crippen LogP contribution in [0.3, 0.4) is 0 Å². The molecule has 0 spiro atoms. The Labute approximate surface area is 185 Å². The van der Waals surface area contributed by atoms with Crippen molar-refractivity contribution in [1.29, 1.82) is 0 Å². The molecule has 0 atom stereocenters. The lowest BCUT2D eigenvalue weighted by molar-refractivity contribution is 0.0950. The van der Waals surface area contributed by atoms with Gasteiger partial charge in [0.15, 0.2) is 0 Å². The number of carbonyl (C=O) groups excluding carboxylic acids is 1. The molecule has 166 valence electrons. The van der Waals surface area contributed by atoms with E-state index in [9.17, 15) is 13.2 Å². The SMILES string of the molecule is O=C(NCc1ccc(CN2CCCC2)cc1)c1cccc(S(=O)(=O)N2CCCCC2)c1. The lowest BCUT2D eigenvalue weighted by atomic mass is 10.1. The number of hydrogen-bond donors (Lipinski definition) is 1. The Bertz CT molecular complexity index is 993. The van der Waals surface area contributed by atoms with Crippen LogP contribution in [-0.2, 0) is 23.1 Å². The van der Waals surface area contributed by atoms with Gasteiger partial charge in [0.25, 0.3) is 5.91 Å². The molecule has 2 saturated heterocycles. The maximum Gasteiger partial charge on any atom is 0.251 e. The van der Waals surface area contributed by atoms with E-state index in [0.29, 0.717) is 25.2 Å². The Morgan fingerprint density at radius 1 is 0.839 bits per heavy atom. The Morgan fingerprint density at radius 3 is 2.19 bits per heavy atom. The summed E-state index contributed by atoms with van der Waals surface area (Å²) < 4.78 is 27.3. The smallest absolute Gasteiger partial charge is 0.251 e. The molecule has 31 heavy (non-hydrogen) atoms. The molecule has 1 amide bonds. The largest absolute Gasteiger partial charge is 0.348 e. The first-order chi connectivity index (χ1) is 15.0. The average Bonchev–Trinajstić information content (AvgIpc) is 3.32. The van der Waals surface area contributed by atoms with E-state index < -0.39 is 10.0 Å². The number of sulfonamides is 1. The van der Waals surface area contributed by atoms with Crippen molar-refractivity contribution in [2.75, 3.05) is 26.2 Å². The number of nitrogens with one attached hydrogen (secondary N) is 1. The maximum atomic E-state index is 12.9. The summed E-state index contributed by atoms with van der Waals surface area (Å²) in [6.07, 6.45) is 5.40. The summed E-state index contributed by atoms with van der Waals surface area (Å²) in [5, 5.41) is 2.91. The third-order valence-electron chi connectivity index (χ3n) is 6.13. The Balaban J connectivity index is 1.36. The molecule has 0 unspecified atom stereocenters. The Hall–Kier alpha value is -2.22.